The molecule has 0 bridgehead atoms. The lowest BCUT2D eigenvalue weighted by atomic mass is 10.0. The van der Waals surface area contributed by atoms with E-state index in [9.17, 15) is 4.79 Å². The maximum absolute atomic E-state index is 12.5. The third-order valence-electron chi connectivity index (χ3n) is 4.46. The number of ether oxygens (including phenoxy) is 1. The van der Waals surface area contributed by atoms with Gasteiger partial charge < -0.3 is 9.64 Å². The van der Waals surface area contributed by atoms with Gasteiger partial charge in [0, 0.05) is 28.6 Å². The topological polar surface area (TPSA) is 55.3 Å². The Bertz CT molecular complexity index is 969. The van der Waals surface area contributed by atoms with Gasteiger partial charge in [-0.1, -0.05) is 35.5 Å². The standard InChI is InChI=1S/C19H18ClN3O2S2/c1-12-16(13-2-4-14(20)5-3-13)17-18(21-11-22-19(17)27-12)26-10-15(24)23-6-8-25-9-7-23/h2-5,11H,6-10H2,1H3. The monoisotopic (exact) mass is 419 g/mol. The van der Waals surface area contributed by atoms with Gasteiger partial charge in [-0.3, -0.25) is 4.79 Å². The third-order valence-corrected chi connectivity index (χ3v) is 6.70. The van der Waals surface area contributed by atoms with Crippen molar-refractivity contribution in [3.8, 4) is 11.1 Å². The number of hydrogen-bond donors (Lipinski definition) is 0. The zero-order valence-electron chi connectivity index (χ0n) is 14.8. The maximum Gasteiger partial charge on any atom is 0.233 e. The summed E-state index contributed by atoms with van der Waals surface area (Å²) in [6, 6.07) is 7.80. The minimum Gasteiger partial charge on any atom is -0.378 e. The molecule has 5 nitrogen and oxygen atoms in total. The van der Waals surface area contributed by atoms with E-state index in [0.717, 1.165) is 26.4 Å². The van der Waals surface area contributed by atoms with Crippen LogP contribution in [0.15, 0.2) is 35.6 Å². The van der Waals surface area contributed by atoms with Crippen LogP contribution in [0, 0.1) is 6.92 Å². The van der Waals surface area contributed by atoms with Crippen molar-refractivity contribution in [1.82, 2.24) is 14.9 Å². The summed E-state index contributed by atoms with van der Waals surface area (Å²) in [5, 5.41) is 2.57. The second kappa shape index (κ2) is 8.14. The minimum absolute atomic E-state index is 0.120. The number of amides is 1. The van der Waals surface area contributed by atoms with E-state index in [4.69, 9.17) is 16.3 Å². The number of fused-ring (bicyclic) bond motifs is 1. The van der Waals surface area contributed by atoms with Gasteiger partial charge in [0.25, 0.3) is 0 Å². The molecule has 4 rings (SSSR count). The first-order chi connectivity index (χ1) is 13.1. The molecule has 1 aliphatic rings. The van der Waals surface area contributed by atoms with E-state index in [0.29, 0.717) is 37.1 Å². The van der Waals surface area contributed by atoms with Crippen molar-refractivity contribution in [2.75, 3.05) is 32.1 Å². The second-order valence-corrected chi connectivity index (χ2v) is 8.78. The van der Waals surface area contributed by atoms with Gasteiger partial charge in [0.2, 0.25) is 5.91 Å². The van der Waals surface area contributed by atoms with Crippen LogP contribution < -0.4 is 0 Å². The van der Waals surface area contributed by atoms with E-state index in [1.54, 1.807) is 17.7 Å². The molecule has 1 aliphatic heterocycles. The van der Waals surface area contributed by atoms with Crippen LogP contribution in [0.1, 0.15) is 4.88 Å². The average molecular weight is 420 g/mol. The molecular weight excluding hydrogens is 402 g/mol. The normalized spacial score (nSPS) is 14.7. The van der Waals surface area contributed by atoms with E-state index in [1.807, 2.05) is 29.2 Å². The number of thiophene rings is 1. The number of halogens is 1. The molecule has 1 amide bonds. The number of aryl methyl sites for hydroxylation is 1. The lowest BCUT2D eigenvalue weighted by Gasteiger charge is -2.26. The molecule has 0 radical (unpaired) electrons. The van der Waals surface area contributed by atoms with Crippen molar-refractivity contribution in [3.63, 3.8) is 0 Å². The number of carbonyl (C=O) groups is 1. The largest absolute Gasteiger partial charge is 0.378 e. The fourth-order valence-corrected chi connectivity index (χ4v) is 5.24. The molecule has 140 valence electrons. The highest BCUT2D eigenvalue weighted by atomic mass is 35.5. The lowest BCUT2D eigenvalue weighted by Crippen LogP contribution is -2.41. The predicted octanol–water partition coefficient (Wildman–Crippen LogP) is 4.27. The molecule has 0 saturated carbocycles. The molecule has 1 saturated heterocycles. The number of nitrogens with zero attached hydrogens (tertiary/aromatic N) is 3. The summed E-state index contributed by atoms with van der Waals surface area (Å²) in [6.45, 7) is 4.62. The average Bonchev–Trinajstić information content (AvgIpc) is 3.04. The first-order valence-corrected chi connectivity index (χ1v) is 10.8. The Labute approximate surface area is 170 Å². The number of aromatic nitrogens is 2. The smallest absolute Gasteiger partial charge is 0.233 e. The van der Waals surface area contributed by atoms with Crippen LogP contribution in [-0.4, -0.2) is 52.8 Å². The van der Waals surface area contributed by atoms with Gasteiger partial charge in [-0.05, 0) is 24.6 Å². The zero-order chi connectivity index (χ0) is 18.8. The van der Waals surface area contributed by atoms with Crippen molar-refractivity contribution >= 4 is 50.8 Å². The Morgan fingerprint density at radius 3 is 2.74 bits per heavy atom. The first kappa shape index (κ1) is 18.7. The van der Waals surface area contributed by atoms with Gasteiger partial charge >= 0.3 is 0 Å². The summed E-state index contributed by atoms with van der Waals surface area (Å²) >= 11 is 9.16. The van der Waals surface area contributed by atoms with Crippen LogP contribution in [0.2, 0.25) is 5.02 Å². The number of rotatable bonds is 4. The van der Waals surface area contributed by atoms with E-state index < -0.39 is 0 Å². The van der Waals surface area contributed by atoms with Crippen molar-refractivity contribution in [1.29, 1.82) is 0 Å². The molecule has 0 unspecified atom stereocenters. The molecule has 0 N–H and O–H groups in total. The summed E-state index contributed by atoms with van der Waals surface area (Å²) in [6.07, 6.45) is 1.57. The van der Waals surface area contributed by atoms with Crippen LogP contribution in [0.3, 0.4) is 0 Å². The molecule has 0 aliphatic carbocycles. The van der Waals surface area contributed by atoms with E-state index in [1.165, 1.54) is 16.6 Å². The molecule has 2 aromatic heterocycles. The molecule has 0 spiro atoms. The SMILES string of the molecule is Cc1sc2ncnc(SCC(=O)N3CCOCC3)c2c1-c1ccc(Cl)cc1. The van der Waals surface area contributed by atoms with Crippen LogP contribution in [0.25, 0.3) is 21.3 Å². The summed E-state index contributed by atoms with van der Waals surface area (Å²) in [4.78, 5) is 25.4. The minimum atomic E-state index is 0.120. The highest BCUT2D eigenvalue weighted by molar-refractivity contribution is 8.00. The molecule has 27 heavy (non-hydrogen) atoms. The highest BCUT2D eigenvalue weighted by Gasteiger charge is 2.20. The van der Waals surface area contributed by atoms with E-state index >= 15 is 0 Å². The van der Waals surface area contributed by atoms with Crippen molar-refractivity contribution in [3.05, 3.63) is 40.5 Å². The number of thioether (sulfide) groups is 1. The second-order valence-electron chi connectivity index (χ2n) is 6.18. The number of hydrogen-bond acceptors (Lipinski definition) is 6. The van der Waals surface area contributed by atoms with Crippen LogP contribution in [0.5, 0.6) is 0 Å². The quantitative estimate of drug-likeness (QED) is 0.467. The zero-order valence-corrected chi connectivity index (χ0v) is 17.2. The van der Waals surface area contributed by atoms with E-state index in [-0.39, 0.29) is 5.91 Å². The molecule has 8 heteroatoms. The molecule has 3 heterocycles. The Morgan fingerprint density at radius 2 is 2.00 bits per heavy atom. The van der Waals surface area contributed by atoms with Crippen LogP contribution in [-0.2, 0) is 9.53 Å². The summed E-state index contributed by atoms with van der Waals surface area (Å²) in [7, 11) is 0. The van der Waals surface area contributed by atoms with Gasteiger partial charge in [-0.2, -0.15) is 0 Å². The number of benzene rings is 1. The van der Waals surface area contributed by atoms with Crippen molar-refractivity contribution in [2.24, 2.45) is 0 Å². The molecule has 1 fully saturated rings. The summed E-state index contributed by atoms with van der Waals surface area (Å²) < 4.78 is 5.32. The fraction of sp³-hybridized carbons (Fsp3) is 0.316. The summed E-state index contributed by atoms with van der Waals surface area (Å²) in [5.41, 5.74) is 2.20. The van der Waals surface area contributed by atoms with Crippen molar-refractivity contribution < 1.29 is 9.53 Å². The molecule has 1 aromatic carbocycles. The van der Waals surface area contributed by atoms with Gasteiger partial charge in [0.05, 0.1) is 24.4 Å². The predicted molar refractivity (Wildman–Crippen MR) is 111 cm³/mol. The fourth-order valence-electron chi connectivity index (χ4n) is 3.13. The third kappa shape index (κ3) is 3.96. The number of morpholine rings is 1. The van der Waals surface area contributed by atoms with Gasteiger partial charge in [-0.15, -0.1) is 11.3 Å². The van der Waals surface area contributed by atoms with E-state index in [2.05, 4.69) is 16.9 Å². The maximum atomic E-state index is 12.5. The van der Waals surface area contributed by atoms with Crippen molar-refractivity contribution in [2.45, 2.75) is 11.9 Å². The highest BCUT2D eigenvalue weighted by Crippen LogP contribution is 2.41. The number of carbonyl (C=O) groups excluding carboxylic acids is 1. The molecular formula is C19H18ClN3O2S2. The Kier molecular flexibility index (Phi) is 5.63. The Balaban J connectivity index is 1.65. The summed E-state index contributed by atoms with van der Waals surface area (Å²) in [5.74, 6) is 0.483. The Morgan fingerprint density at radius 1 is 1.26 bits per heavy atom. The lowest BCUT2D eigenvalue weighted by molar-refractivity contribution is -0.132. The van der Waals surface area contributed by atoms with Gasteiger partial charge in [-0.25, -0.2) is 9.97 Å². The van der Waals surface area contributed by atoms with Gasteiger partial charge in [0.15, 0.2) is 0 Å². The van der Waals surface area contributed by atoms with Crippen LogP contribution in [0.4, 0.5) is 0 Å². The first-order valence-electron chi connectivity index (χ1n) is 8.62. The molecule has 3 aromatic rings. The molecule has 0 atom stereocenters. The van der Waals surface area contributed by atoms with Crippen LogP contribution >= 0.6 is 34.7 Å². The Hall–Kier alpha value is -1.67. The van der Waals surface area contributed by atoms with Gasteiger partial charge in [0.1, 0.15) is 16.2 Å².